The monoisotopic (exact) mass is 441 g/mol. The van der Waals surface area contributed by atoms with Gasteiger partial charge in [0.25, 0.3) is 0 Å². The van der Waals surface area contributed by atoms with Crippen molar-refractivity contribution < 1.29 is 36.2 Å². The molecule has 0 N–H and O–H groups in total. The number of aromatic nitrogens is 2. The predicted molar refractivity (Wildman–Crippen MR) is 95.2 cm³/mol. The lowest BCUT2D eigenvalue weighted by molar-refractivity contribution is -0.286. The number of halogens is 2. The number of alkyl halides is 2. The Morgan fingerprint density at radius 2 is 2.07 bits per heavy atom. The van der Waals surface area contributed by atoms with E-state index in [9.17, 15) is 23.0 Å². The molecule has 9 nitrogen and oxygen atoms in total. The molecular formula is C16H9F2N3O6S2. The number of nitrogens with zero attached hydrogens (tertiary/aromatic N) is 3. The first-order chi connectivity index (χ1) is 13.7. The normalized spacial score (nSPS) is 15.1. The van der Waals surface area contributed by atoms with Crippen molar-refractivity contribution in [2.75, 3.05) is 7.11 Å². The fourth-order valence-corrected chi connectivity index (χ4v) is 4.59. The molecule has 29 heavy (non-hydrogen) atoms. The largest absolute Gasteiger partial charge is 0.586 e. The number of imidazole rings is 1. The molecule has 0 bridgehead atoms. The van der Waals surface area contributed by atoms with Gasteiger partial charge in [-0.3, -0.25) is 0 Å². The number of ether oxygens (including phenoxy) is 3. The Labute approximate surface area is 167 Å². The molecular weight excluding hydrogens is 432 g/mol. The molecule has 0 saturated carbocycles. The van der Waals surface area contributed by atoms with Gasteiger partial charge in [-0.1, -0.05) is 0 Å². The summed E-state index contributed by atoms with van der Waals surface area (Å²) in [5.74, 6) is -1.43. The fourth-order valence-electron chi connectivity index (χ4n) is 2.62. The Bertz CT molecular complexity index is 1230. The molecule has 4 rings (SSSR count). The van der Waals surface area contributed by atoms with Gasteiger partial charge in [0, 0.05) is 23.1 Å². The second-order valence-corrected chi connectivity index (χ2v) is 7.46. The third-order valence-electron chi connectivity index (χ3n) is 3.93. The van der Waals surface area contributed by atoms with E-state index in [1.54, 1.807) is 13.0 Å². The molecule has 0 spiro atoms. The van der Waals surface area contributed by atoms with Crippen molar-refractivity contribution in [3.8, 4) is 22.6 Å². The summed E-state index contributed by atoms with van der Waals surface area (Å²) in [7, 11) is 1.22. The van der Waals surface area contributed by atoms with Crippen LogP contribution in [0.4, 0.5) is 8.78 Å². The van der Waals surface area contributed by atoms with Gasteiger partial charge in [0.1, 0.15) is 6.07 Å². The maximum atomic E-state index is 13.3. The average molecular weight is 441 g/mol. The van der Waals surface area contributed by atoms with Crippen LogP contribution in [0.3, 0.4) is 0 Å². The number of carbonyl (C=O) groups excluding carboxylic acids is 1. The maximum absolute atomic E-state index is 13.3. The van der Waals surface area contributed by atoms with Crippen molar-refractivity contribution >= 4 is 39.6 Å². The molecule has 1 unspecified atom stereocenters. The lowest BCUT2D eigenvalue weighted by Gasteiger charge is -2.07. The Balaban J connectivity index is 1.74. The number of thiophene rings is 1. The van der Waals surface area contributed by atoms with Gasteiger partial charge in [0.15, 0.2) is 16.6 Å². The minimum absolute atomic E-state index is 0.0577. The van der Waals surface area contributed by atoms with Crippen molar-refractivity contribution in [3.63, 3.8) is 0 Å². The number of hydrogen-bond donors (Lipinski definition) is 0. The predicted octanol–water partition coefficient (Wildman–Crippen LogP) is 2.89. The summed E-state index contributed by atoms with van der Waals surface area (Å²) in [4.78, 5) is 15.7. The van der Waals surface area contributed by atoms with Crippen molar-refractivity contribution in [1.29, 1.82) is 5.26 Å². The minimum atomic E-state index is -3.84. The molecule has 13 heteroatoms. The first-order valence-electron chi connectivity index (χ1n) is 7.73. The summed E-state index contributed by atoms with van der Waals surface area (Å²) in [5.41, 5.74) is 0.778. The molecule has 3 aromatic rings. The second-order valence-electron chi connectivity index (χ2n) is 5.65. The molecule has 1 aliphatic heterocycles. The Morgan fingerprint density at radius 1 is 1.38 bits per heavy atom. The summed E-state index contributed by atoms with van der Waals surface area (Å²) in [5, 5.41) is 11.0. The Hall–Kier alpha value is -3.24. The van der Waals surface area contributed by atoms with Gasteiger partial charge in [0.05, 0.1) is 23.7 Å². The molecule has 0 aliphatic carbocycles. The fraction of sp³-hybridized carbons (Fsp3) is 0.188. The van der Waals surface area contributed by atoms with Crippen LogP contribution in [0.25, 0.3) is 11.0 Å². The molecule has 0 radical (unpaired) electrons. The zero-order valence-corrected chi connectivity index (χ0v) is 16.2. The van der Waals surface area contributed by atoms with Gasteiger partial charge in [0.2, 0.25) is 5.82 Å². The van der Waals surface area contributed by atoms with E-state index < -0.39 is 23.5 Å². The van der Waals surface area contributed by atoms with E-state index in [0.29, 0.717) is 5.56 Å². The van der Waals surface area contributed by atoms with Gasteiger partial charge in [-0.05, 0) is 6.92 Å². The van der Waals surface area contributed by atoms with Crippen LogP contribution in [0, 0.1) is 18.3 Å². The van der Waals surface area contributed by atoms with Crippen molar-refractivity contribution in [1.82, 2.24) is 8.96 Å². The molecule has 1 aromatic carbocycles. The maximum Gasteiger partial charge on any atom is 0.586 e. The van der Waals surface area contributed by atoms with Crippen LogP contribution in [0.1, 0.15) is 21.7 Å². The van der Waals surface area contributed by atoms with E-state index >= 15 is 0 Å². The van der Waals surface area contributed by atoms with Crippen LogP contribution in [0.15, 0.2) is 17.5 Å². The van der Waals surface area contributed by atoms with Gasteiger partial charge in [-0.15, -0.1) is 20.1 Å². The number of esters is 1. The van der Waals surface area contributed by atoms with E-state index in [4.69, 9.17) is 4.18 Å². The highest BCUT2D eigenvalue weighted by Crippen LogP contribution is 2.43. The van der Waals surface area contributed by atoms with Crippen LogP contribution in [-0.4, -0.2) is 32.5 Å². The topological polar surface area (TPSA) is 113 Å². The average Bonchev–Trinajstić information content (AvgIpc) is 3.30. The summed E-state index contributed by atoms with van der Waals surface area (Å²) in [6, 6.07) is 4.04. The minimum Gasteiger partial charge on any atom is -0.465 e. The molecule has 1 aliphatic rings. The smallest absolute Gasteiger partial charge is 0.465 e. The van der Waals surface area contributed by atoms with Gasteiger partial charge < -0.3 is 18.4 Å². The number of nitriles is 1. The molecule has 2 aromatic heterocycles. The second kappa shape index (κ2) is 6.68. The number of benzene rings is 1. The number of carbonyl (C=O) groups is 1. The zero-order valence-electron chi connectivity index (χ0n) is 14.6. The first-order valence-corrected chi connectivity index (χ1v) is 9.64. The molecule has 0 amide bonds. The van der Waals surface area contributed by atoms with E-state index in [1.165, 1.54) is 12.5 Å². The zero-order chi connectivity index (χ0) is 20.9. The third kappa shape index (κ3) is 3.15. The summed E-state index contributed by atoms with van der Waals surface area (Å²) >= 11 is -1.30. The Morgan fingerprint density at radius 3 is 2.72 bits per heavy atom. The SMILES string of the molecule is COC(=O)c1csc(OS(=O)n2c(C#N)nc3cc4c(cc32)OC(F)(F)O4)c1C. The summed E-state index contributed by atoms with van der Waals surface area (Å²) in [6.07, 6.45) is -3.84. The quantitative estimate of drug-likeness (QED) is 0.568. The lowest BCUT2D eigenvalue weighted by Crippen LogP contribution is -2.25. The van der Waals surface area contributed by atoms with Crippen LogP contribution in [0.2, 0.25) is 0 Å². The lowest BCUT2D eigenvalue weighted by atomic mass is 10.2. The number of fused-ring (bicyclic) bond motifs is 2. The van der Waals surface area contributed by atoms with E-state index in [-0.39, 0.29) is 39.0 Å². The first kappa shape index (κ1) is 19.1. The Kier molecular flexibility index (Phi) is 4.39. The molecule has 0 saturated heterocycles. The third-order valence-corrected chi connectivity index (χ3v) is 5.97. The number of rotatable bonds is 4. The van der Waals surface area contributed by atoms with Crippen LogP contribution in [0.5, 0.6) is 16.6 Å². The van der Waals surface area contributed by atoms with Crippen molar-refractivity contribution in [3.05, 3.63) is 34.5 Å². The van der Waals surface area contributed by atoms with Crippen LogP contribution < -0.4 is 13.7 Å². The van der Waals surface area contributed by atoms with E-state index in [0.717, 1.165) is 27.4 Å². The highest BCUT2D eigenvalue weighted by atomic mass is 32.2. The van der Waals surface area contributed by atoms with Gasteiger partial charge >= 0.3 is 23.5 Å². The highest BCUT2D eigenvalue weighted by molar-refractivity contribution is 7.79. The molecule has 3 heterocycles. The number of hydrogen-bond acceptors (Lipinski definition) is 9. The molecule has 150 valence electrons. The van der Waals surface area contributed by atoms with E-state index in [1.807, 2.05) is 0 Å². The summed E-state index contributed by atoms with van der Waals surface area (Å²) in [6.45, 7) is 1.58. The van der Waals surface area contributed by atoms with Crippen LogP contribution >= 0.6 is 11.3 Å². The van der Waals surface area contributed by atoms with Crippen molar-refractivity contribution in [2.45, 2.75) is 13.2 Å². The highest BCUT2D eigenvalue weighted by Gasteiger charge is 2.44. The van der Waals surface area contributed by atoms with E-state index in [2.05, 4.69) is 19.2 Å². The van der Waals surface area contributed by atoms with Gasteiger partial charge in [-0.2, -0.15) is 13.4 Å². The standard InChI is InChI=1S/C16H9F2N3O6S2/c1-7-8(14(22)24-2)6-28-15(7)27-29(23)21-10-4-12-11(25-16(17,18)26-12)3-9(10)20-13(21)5-19/h3-4,6H,1-2H3. The van der Waals surface area contributed by atoms with Crippen molar-refractivity contribution in [2.24, 2.45) is 0 Å². The molecule has 1 atom stereocenters. The summed E-state index contributed by atoms with van der Waals surface area (Å²) < 4.78 is 59.1. The van der Waals surface area contributed by atoms with Crippen LogP contribution in [-0.2, 0) is 16.0 Å². The molecule has 0 fully saturated rings. The number of methoxy groups -OCH3 is 1. The van der Waals surface area contributed by atoms with Gasteiger partial charge in [-0.25, -0.2) is 9.78 Å².